The Hall–Kier alpha value is -1.88. The Morgan fingerprint density at radius 2 is 1.90 bits per heavy atom. The van der Waals surface area contributed by atoms with Crippen LogP contribution in [0.4, 0.5) is 0 Å². The molecule has 0 saturated carbocycles. The summed E-state index contributed by atoms with van der Waals surface area (Å²) in [6, 6.07) is 7.08. The van der Waals surface area contributed by atoms with E-state index in [-0.39, 0.29) is 24.2 Å². The summed E-state index contributed by atoms with van der Waals surface area (Å²) in [5.74, 6) is 0.394. The predicted octanol–water partition coefficient (Wildman–Crippen LogP) is 1.51. The van der Waals surface area contributed by atoms with Crippen molar-refractivity contribution in [2.45, 2.75) is 33.4 Å². The van der Waals surface area contributed by atoms with Gasteiger partial charge in [-0.2, -0.15) is 0 Å². The normalized spacial score (nSPS) is 12.0. The molecule has 5 nitrogen and oxygen atoms in total. The van der Waals surface area contributed by atoms with Gasteiger partial charge in [0.15, 0.2) is 12.4 Å². The third-order valence-electron chi connectivity index (χ3n) is 3.12. The maximum Gasteiger partial charge on any atom is 0.258 e. The van der Waals surface area contributed by atoms with Crippen LogP contribution in [0.15, 0.2) is 24.3 Å². The lowest BCUT2D eigenvalue weighted by Gasteiger charge is -2.19. The smallest absolute Gasteiger partial charge is 0.258 e. The van der Waals surface area contributed by atoms with Crippen LogP contribution in [0, 0.1) is 5.92 Å². The minimum atomic E-state index is -0.464. The highest BCUT2D eigenvalue weighted by atomic mass is 16.5. The molecule has 1 atom stereocenters. The van der Waals surface area contributed by atoms with Crippen molar-refractivity contribution in [1.29, 1.82) is 0 Å². The first-order chi connectivity index (χ1) is 9.95. The van der Waals surface area contributed by atoms with Crippen molar-refractivity contribution in [2.24, 2.45) is 5.92 Å². The molecule has 0 bridgehead atoms. The molecule has 1 aromatic rings. The zero-order valence-electron chi connectivity index (χ0n) is 13.1. The number of ether oxygens (including phenoxy) is 1. The fraction of sp³-hybridized carbons (Fsp3) is 0.500. The van der Waals surface area contributed by atoms with E-state index in [9.17, 15) is 9.59 Å². The number of nitrogens with one attached hydrogen (secondary N) is 2. The molecule has 0 aliphatic carbocycles. The number of para-hydroxylation sites is 1. The molecule has 0 spiro atoms. The van der Waals surface area contributed by atoms with Gasteiger partial charge in [0.2, 0.25) is 0 Å². The van der Waals surface area contributed by atoms with Gasteiger partial charge in [-0.3, -0.25) is 9.59 Å². The molecule has 0 aromatic heterocycles. The predicted molar refractivity (Wildman–Crippen MR) is 82.2 cm³/mol. The first-order valence-electron chi connectivity index (χ1n) is 7.10. The minimum absolute atomic E-state index is 0.0473. The van der Waals surface area contributed by atoms with Crippen LogP contribution in [0.3, 0.4) is 0 Å². The lowest BCUT2D eigenvalue weighted by atomic mass is 10.0. The second kappa shape index (κ2) is 8.42. The van der Waals surface area contributed by atoms with Gasteiger partial charge in [0, 0.05) is 12.1 Å². The maximum atomic E-state index is 11.9. The molecule has 116 valence electrons. The largest absolute Gasteiger partial charge is 0.483 e. The SMILES string of the molecule is CNCc1ccccc1OCC(=O)NC(C(C)=O)C(C)C. The van der Waals surface area contributed by atoms with E-state index in [2.05, 4.69) is 10.6 Å². The molecule has 2 N–H and O–H groups in total. The zero-order valence-corrected chi connectivity index (χ0v) is 13.1. The summed E-state index contributed by atoms with van der Waals surface area (Å²) < 4.78 is 5.55. The standard InChI is InChI=1S/C16H24N2O3/c1-11(2)16(12(3)19)18-15(20)10-21-14-8-6-5-7-13(14)9-17-4/h5-8,11,16-17H,9-10H2,1-4H3,(H,18,20). The van der Waals surface area contributed by atoms with Crippen LogP contribution in [0.1, 0.15) is 26.3 Å². The number of ketones is 1. The van der Waals surface area contributed by atoms with Gasteiger partial charge in [-0.05, 0) is 26.0 Å². The summed E-state index contributed by atoms with van der Waals surface area (Å²) in [4.78, 5) is 23.4. The fourth-order valence-corrected chi connectivity index (χ4v) is 2.08. The van der Waals surface area contributed by atoms with Gasteiger partial charge in [0.1, 0.15) is 5.75 Å². The number of hydrogen-bond donors (Lipinski definition) is 2. The van der Waals surface area contributed by atoms with Gasteiger partial charge in [0.05, 0.1) is 6.04 Å². The monoisotopic (exact) mass is 292 g/mol. The van der Waals surface area contributed by atoms with E-state index < -0.39 is 6.04 Å². The van der Waals surface area contributed by atoms with Crippen molar-refractivity contribution < 1.29 is 14.3 Å². The summed E-state index contributed by atoms with van der Waals surface area (Å²) in [6.07, 6.45) is 0. The Labute approximate surface area is 126 Å². The van der Waals surface area contributed by atoms with E-state index in [0.717, 1.165) is 5.56 Å². The van der Waals surface area contributed by atoms with E-state index in [0.29, 0.717) is 12.3 Å². The molecule has 5 heteroatoms. The van der Waals surface area contributed by atoms with Crippen molar-refractivity contribution in [3.63, 3.8) is 0 Å². The molecule has 0 aliphatic heterocycles. The molecular formula is C16H24N2O3. The van der Waals surface area contributed by atoms with Gasteiger partial charge in [-0.25, -0.2) is 0 Å². The second-order valence-electron chi connectivity index (χ2n) is 5.33. The summed E-state index contributed by atoms with van der Waals surface area (Å²) >= 11 is 0. The minimum Gasteiger partial charge on any atom is -0.483 e. The molecule has 0 heterocycles. The van der Waals surface area contributed by atoms with Crippen molar-refractivity contribution in [3.05, 3.63) is 29.8 Å². The molecule has 21 heavy (non-hydrogen) atoms. The number of amides is 1. The topological polar surface area (TPSA) is 67.4 Å². The molecular weight excluding hydrogens is 268 g/mol. The van der Waals surface area contributed by atoms with Gasteiger partial charge in [-0.1, -0.05) is 32.0 Å². The molecule has 1 aromatic carbocycles. The molecule has 0 aliphatic rings. The van der Waals surface area contributed by atoms with Crippen LogP contribution in [0.2, 0.25) is 0 Å². The van der Waals surface area contributed by atoms with Crippen LogP contribution in [0.25, 0.3) is 0 Å². The highest BCUT2D eigenvalue weighted by Crippen LogP contribution is 2.17. The quantitative estimate of drug-likeness (QED) is 0.762. The average molecular weight is 292 g/mol. The number of rotatable bonds is 8. The van der Waals surface area contributed by atoms with Gasteiger partial charge in [0.25, 0.3) is 5.91 Å². The highest BCUT2D eigenvalue weighted by molar-refractivity contribution is 5.88. The van der Waals surface area contributed by atoms with Gasteiger partial charge >= 0.3 is 0 Å². The number of hydrogen-bond acceptors (Lipinski definition) is 4. The lowest BCUT2D eigenvalue weighted by molar-refractivity contribution is -0.129. The zero-order chi connectivity index (χ0) is 15.8. The Kier molecular flexibility index (Phi) is 6.88. The summed E-state index contributed by atoms with van der Waals surface area (Å²) in [7, 11) is 1.85. The summed E-state index contributed by atoms with van der Waals surface area (Å²) in [6.45, 7) is 5.84. The Morgan fingerprint density at radius 3 is 2.48 bits per heavy atom. The highest BCUT2D eigenvalue weighted by Gasteiger charge is 2.20. The van der Waals surface area contributed by atoms with Crippen molar-refractivity contribution in [2.75, 3.05) is 13.7 Å². The average Bonchev–Trinajstić information content (AvgIpc) is 2.43. The van der Waals surface area contributed by atoms with E-state index >= 15 is 0 Å². The first-order valence-corrected chi connectivity index (χ1v) is 7.10. The van der Waals surface area contributed by atoms with Crippen LogP contribution in [-0.4, -0.2) is 31.4 Å². The van der Waals surface area contributed by atoms with Crippen LogP contribution < -0.4 is 15.4 Å². The number of carbonyl (C=O) groups excluding carboxylic acids is 2. The number of benzene rings is 1. The molecule has 1 unspecified atom stereocenters. The van der Waals surface area contributed by atoms with Crippen LogP contribution in [-0.2, 0) is 16.1 Å². The van der Waals surface area contributed by atoms with Crippen LogP contribution >= 0.6 is 0 Å². The van der Waals surface area contributed by atoms with E-state index in [4.69, 9.17) is 4.74 Å². The van der Waals surface area contributed by atoms with Gasteiger partial charge < -0.3 is 15.4 Å². The van der Waals surface area contributed by atoms with E-state index in [1.807, 2.05) is 45.2 Å². The summed E-state index contributed by atoms with van der Waals surface area (Å²) in [5.41, 5.74) is 0.986. The summed E-state index contributed by atoms with van der Waals surface area (Å²) in [5, 5.41) is 5.76. The molecule has 0 fully saturated rings. The van der Waals surface area contributed by atoms with Crippen molar-refractivity contribution in [3.8, 4) is 5.75 Å². The Balaban J connectivity index is 2.59. The van der Waals surface area contributed by atoms with Crippen LogP contribution in [0.5, 0.6) is 5.75 Å². The number of Topliss-reactive ketones (excluding diaryl/α,β-unsaturated/α-hetero) is 1. The van der Waals surface area contributed by atoms with E-state index in [1.54, 1.807) is 0 Å². The van der Waals surface area contributed by atoms with Crippen molar-refractivity contribution in [1.82, 2.24) is 10.6 Å². The molecule has 1 rings (SSSR count). The van der Waals surface area contributed by atoms with Crippen molar-refractivity contribution >= 4 is 11.7 Å². The first kappa shape index (κ1) is 17.2. The fourth-order valence-electron chi connectivity index (χ4n) is 2.08. The Bertz CT molecular complexity index is 486. The second-order valence-corrected chi connectivity index (χ2v) is 5.33. The number of carbonyl (C=O) groups is 2. The third kappa shape index (κ3) is 5.55. The molecule has 1 amide bonds. The third-order valence-corrected chi connectivity index (χ3v) is 3.12. The molecule has 0 radical (unpaired) electrons. The van der Waals surface area contributed by atoms with E-state index in [1.165, 1.54) is 6.92 Å². The molecule has 0 saturated heterocycles. The maximum absolute atomic E-state index is 11.9. The lowest BCUT2D eigenvalue weighted by Crippen LogP contribution is -2.45. The van der Waals surface area contributed by atoms with Gasteiger partial charge in [-0.15, -0.1) is 0 Å². The Morgan fingerprint density at radius 1 is 1.24 bits per heavy atom.